The molecule has 1 atom stereocenters. The molecular formula is C14H28N2O. The molecule has 1 aliphatic heterocycles. The lowest BCUT2D eigenvalue weighted by Gasteiger charge is -2.34. The topological polar surface area (TPSA) is 32.3 Å². The van der Waals surface area contributed by atoms with Crippen molar-refractivity contribution in [1.29, 1.82) is 0 Å². The van der Waals surface area contributed by atoms with Crippen LogP contribution in [0.1, 0.15) is 59.8 Å². The Morgan fingerprint density at radius 3 is 2.29 bits per heavy atom. The Balaban J connectivity index is 0.000000686. The molecule has 0 aromatic rings. The Hall–Kier alpha value is -0.730. The number of nitrogens with one attached hydrogen (secondary N) is 1. The average molecular weight is 240 g/mol. The first-order valence-corrected chi connectivity index (χ1v) is 6.97. The molecule has 1 spiro atoms. The highest BCUT2D eigenvalue weighted by Crippen LogP contribution is 2.41. The summed E-state index contributed by atoms with van der Waals surface area (Å²) >= 11 is 0. The summed E-state index contributed by atoms with van der Waals surface area (Å²) in [5.41, 5.74) is 0.570. The Bertz CT molecular complexity index is 275. The minimum Gasteiger partial charge on any atom is -0.336 e. The van der Waals surface area contributed by atoms with Crippen LogP contribution in [0.3, 0.4) is 0 Å². The second-order valence-corrected chi connectivity index (χ2v) is 5.96. The van der Waals surface area contributed by atoms with Crippen LogP contribution in [0.4, 0.5) is 4.79 Å². The van der Waals surface area contributed by atoms with Crippen LogP contribution in [0.2, 0.25) is 0 Å². The van der Waals surface area contributed by atoms with Crippen LogP contribution in [0.25, 0.3) is 0 Å². The van der Waals surface area contributed by atoms with Crippen molar-refractivity contribution in [1.82, 2.24) is 10.2 Å². The van der Waals surface area contributed by atoms with Crippen molar-refractivity contribution in [3.8, 4) is 0 Å². The van der Waals surface area contributed by atoms with Crippen LogP contribution in [0, 0.1) is 5.41 Å². The van der Waals surface area contributed by atoms with E-state index in [4.69, 9.17) is 0 Å². The van der Waals surface area contributed by atoms with Crippen molar-refractivity contribution in [2.75, 3.05) is 13.6 Å². The highest BCUT2D eigenvalue weighted by molar-refractivity contribution is 5.77. The lowest BCUT2D eigenvalue weighted by Crippen LogP contribution is -2.44. The zero-order chi connectivity index (χ0) is 13.1. The van der Waals surface area contributed by atoms with Gasteiger partial charge in [0.2, 0.25) is 0 Å². The number of likely N-dealkylation sites (N-methyl/N-ethyl adjacent to an activating group) is 1. The van der Waals surface area contributed by atoms with Crippen molar-refractivity contribution >= 4 is 6.03 Å². The molecule has 0 aromatic heterocycles. The van der Waals surface area contributed by atoms with Crippen molar-refractivity contribution in [3.63, 3.8) is 0 Å². The molecule has 1 N–H and O–H groups in total. The van der Waals surface area contributed by atoms with Gasteiger partial charge >= 0.3 is 6.03 Å². The van der Waals surface area contributed by atoms with E-state index < -0.39 is 0 Å². The lowest BCUT2D eigenvalue weighted by molar-refractivity contribution is 0.160. The Morgan fingerprint density at radius 2 is 1.76 bits per heavy atom. The van der Waals surface area contributed by atoms with Crippen LogP contribution in [-0.2, 0) is 0 Å². The van der Waals surface area contributed by atoms with Crippen molar-refractivity contribution < 1.29 is 4.79 Å². The van der Waals surface area contributed by atoms with Gasteiger partial charge in [-0.05, 0) is 31.1 Å². The number of rotatable bonds is 0. The van der Waals surface area contributed by atoms with Gasteiger partial charge in [-0.3, -0.25) is 0 Å². The summed E-state index contributed by atoms with van der Waals surface area (Å²) in [6.45, 7) is 9.53. The third kappa shape index (κ3) is 2.93. The molecule has 1 saturated carbocycles. The largest absolute Gasteiger partial charge is 0.336 e. The smallest absolute Gasteiger partial charge is 0.317 e. The number of nitrogens with zero attached hydrogens (tertiary/aromatic N) is 1. The SMILES string of the molecule is CC.CN1C(=O)NCC12CCCC(C)(C)CC2. The van der Waals surface area contributed by atoms with Crippen LogP contribution in [0.15, 0.2) is 0 Å². The Kier molecular flexibility index (Phi) is 4.45. The van der Waals surface area contributed by atoms with Crippen molar-refractivity contribution in [2.24, 2.45) is 5.41 Å². The number of carbonyl (C=O) groups excluding carboxylic acids is 1. The third-order valence-electron chi connectivity index (χ3n) is 4.35. The lowest BCUT2D eigenvalue weighted by atomic mass is 9.83. The molecule has 100 valence electrons. The van der Waals surface area contributed by atoms with Gasteiger partial charge in [0.05, 0.1) is 5.54 Å². The van der Waals surface area contributed by atoms with Gasteiger partial charge in [0.1, 0.15) is 0 Å². The minimum absolute atomic E-state index is 0.106. The van der Waals surface area contributed by atoms with E-state index in [0.717, 1.165) is 19.4 Å². The Labute approximate surface area is 106 Å². The second kappa shape index (κ2) is 5.28. The summed E-state index contributed by atoms with van der Waals surface area (Å²) in [6.07, 6.45) is 6.07. The quantitative estimate of drug-likeness (QED) is 0.691. The molecular weight excluding hydrogens is 212 g/mol. The molecule has 2 amide bonds. The summed E-state index contributed by atoms with van der Waals surface area (Å²) in [7, 11) is 1.95. The first-order chi connectivity index (χ1) is 7.95. The first kappa shape index (κ1) is 14.3. The van der Waals surface area contributed by atoms with E-state index in [0.29, 0.717) is 5.41 Å². The third-order valence-corrected chi connectivity index (χ3v) is 4.35. The highest BCUT2D eigenvalue weighted by atomic mass is 16.2. The number of carbonyl (C=O) groups is 1. The van der Waals surface area contributed by atoms with Gasteiger partial charge in [0.25, 0.3) is 0 Å². The molecule has 17 heavy (non-hydrogen) atoms. The van der Waals surface area contributed by atoms with Gasteiger partial charge in [0.15, 0.2) is 0 Å². The fraction of sp³-hybridized carbons (Fsp3) is 0.929. The number of hydrogen-bond donors (Lipinski definition) is 1. The van der Waals surface area contributed by atoms with E-state index in [1.54, 1.807) is 0 Å². The minimum atomic E-state index is 0.106. The number of hydrogen-bond acceptors (Lipinski definition) is 1. The normalized spacial score (nSPS) is 31.6. The van der Waals surface area contributed by atoms with E-state index in [2.05, 4.69) is 19.2 Å². The zero-order valence-corrected chi connectivity index (χ0v) is 12.1. The molecule has 2 aliphatic rings. The van der Waals surface area contributed by atoms with Crippen molar-refractivity contribution in [2.45, 2.75) is 65.3 Å². The monoisotopic (exact) mass is 240 g/mol. The first-order valence-electron chi connectivity index (χ1n) is 6.97. The maximum absolute atomic E-state index is 11.5. The molecule has 2 rings (SSSR count). The predicted octanol–water partition coefficient (Wildman–Crippen LogP) is 3.40. The van der Waals surface area contributed by atoms with Crippen LogP contribution < -0.4 is 5.32 Å². The van der Waals surface area contributed by atoms with Gasteiger partial charge in [-0.1, -0.05) is 34.1 Å². The van der Waals surface area contributed by atoms with E-state index in [1.807, 2.05) is 25.8 Å². The molecule has 1 aliphatic carbocycles. The van der Waals surface area contributed by atoms with E-state index in [9.17, 15) is 4.79 Å². The van der Waals surface area contributed by atoms with Gasteiger partial charge < -0.3 is 10.2 Å². The second-order valence-electron chi connectivity index (χ2n) is 5.96. The van der Waals surface area contributed by atoms with Crippen LogP contribution >= 0.6 is 0 Å². The molecule has 2 fully saturated rings. The average Bonchev–Trinajstić information content (AvgIpc) is 2.50. The molecule has 0 bridgehead atoms. The molecule has 3 nitrogen and oxygen atoms in total. The fourth-order valence-electron chi connectivity index (χ4n) is 2.92. The fourth-order valence-corrected chi connectivity index (χ4v) is 2.92. The Morgan fingerprint density at radius 1 is 1.12 bits per heavy atom. The maximum Gasteiger partial charge on any atom is 0.317 e. The van der Waals surface area contributed by atoms with Gasteiger partial charge in [0, 0.05) is 13.6 Å². The van der Waals surface area contributed by atoms with Crippen LogP contribution in [0.5, 0.6) is 0 Å². The maximum atomic E-state index is 11.5. The van der Waals surface area contributed by atoms with E-state index in [-0.39, 0.29) is 11.6 Å². The highest BCUT2D eigenvalue weighted by Gasteiger charge is 2.44. The van der Waals surface area contributed by atoms with Crippen molar-refractivity contribution in [3.05, 3.63) is 0 Å². The number of urea groups is 1. The van der Waals surface area contributed by atoms with Gasteiger partial charge in [-0.15, -0.1) is 0 Å². The molecule has 0 radical (unpaired) electrons. The number of amides is 2. The van der Waals surface area contributed by atoms with Crippen LogP contribution in [-0.4, -0.2) is 30.1 Å². The summed E-state index contributed by atoms with van der Waals surface area (Å²) in [5.74, 6) is 0. The summed E-state index contributed by atoms with van der Waals surface area (Å²) in [5, 5.41) is 2.97. The molecule has 1 unspecified atom stereocenters. The summed E-state index contributed by atoms with van der Waals surface area (Å²) in [6, 6.07) is 0.106. The zero-order valence-electron chi connectivity index (χ0n) is 12.1. The van der Waals surface area contributed by atoms with Gasteiger partial charge in [-0.25, -0.2) is 4.79 Å². The van der Waals surface area contributed by atoms with E-state index >= 15 is 0 Å². The van der Waals surface area contributed by atoms with Gasteiger partial charge in [-0.2, -0.15) is 0 Å². The summed E-state index contributed by atoms with van der Waals surface area (Å²) < 4.78 is 0. The molecule has 0 aromatic carbocycles. The predicted molar refractivity (Wildman–Crippen MR) is 72.1 cm³/mol. The molecule has 1 heterocycles. The summed E-state index contributed by atoms with van der Waals surface area (Å²) in [4.78, 5) is 13.5. The van der Waals surface area contributed by atoms with E-state index in [1.165, 1.54) is 19.3 Å². The molecule has 3 heteroatoms. The standard InChI is InChI=1S/C12H22N2O.C2H6/c1-11(2)5-4-6-12(8-7-11)9-13-10(15)14(12)3;1-2/h4-9H2,1-3H3,(H,13,15);1-2H3. The molecule has 1 saturated heterocycles.